The first-order chi connectivity index (χ1) is 15.3. The van der Waals surface area contributed by atoms with Gasteiger partial charge < -0.3 is 10.1 Å². The quantitative estimate of drug-likeness (QED) is 0.490. The molecule has 0 aliphatic carbocycles. The molecule has 2 aromatic carbocycles. The summed E-state index contributed by atoms with van der Waals surface area (Å²) in [7, 11) is 0. The molecule has 0 amide bonds. The number of likely N-dealkylation sites (tertiary alicyclic amines) is 1. The van der Waals surface area contributed by atoms with E-state index in [4.69, 9.17) is 4.74 Å². The number of ether oxygens (including phenoxy) is 1. The predicted molar refractivity (Wildman–Crippen MR) is 124 cm³/mol. The molecule has 6 nitrogen and oxygen atoms in total. The molecular weight excluding hydrogens is 388 g/mol. The summed E-state index contributed by atoms with van der Waals surface area (Å²) in [4.78, 5) is 22.0. The number of H-pyrrole nitrogens is 1. The molecule has 0 spiro atoms. The zero-order valence-corrected chi connectivity index (χ0v) is 17.8. The van der Waals surface area contributed by atoms with Gasteiger partial charge in [-0.05, 0) is 55.6 Å². The summed E-state index contributed by atoms with van der Waals surface area (Å²) in [5.41, 5.74) is 2.95. The number of rotatable bonds is 10. The minimum atomic E-state index is -0.104. The topological polar surface area (TPSA) is 70.2 Å². The molecule has 1 aliphatic heterocycles. The first-order valence-electron chi connectivity index (χ1n) is 11.1. The SMILES string of the molecule is O=c1[nH]c(NCCCOc2cccc(CN3CCCC3)c2)ncc1Cc1ccccc1. The monoisotopic (exact) mass is 418 g/mol. The van der Waals surface area contributed by atoms with Crippen LogP contribution in [0.5, 0.6) is 5.75 Å². The molecule has 0 radical (unpaired) electrons. The Morgan fingerprint density at radius 3 is 2.65 bits per heavy atom. The van der Waals surface area contributed by atoms with Gasteiger partial charge in [-0.2, -0.15) is 0 Å². The standard InChI is InChI=1S/C25H30N4O2/c30-24-22(16-20-8-2-1-3-9-20)18-27-25(28-24)26-12-7-15-31-23-11-6-10-21(17-23)19-29-13-4-5-14-29/h1-3,6,8-11,17-18H,4-5,7,12-16,19H2,(H2,26,27,28,30). The Kier molecular flexibility index (Phi) is 7.34. The maximum absolute atomic E-state index is 12.3. The van der Waals surface area contributed by atoms with E-state index in [1.807, 2.05) is 36.4 Å². The molecule has 1 aromatic heterocycles. The highest BCUT2D eigenvalue weighted by Crippen LogP contribution is 2.17. The van der Waals surface area contributed by atoms with Crippen LogP contribution >= 0.6 is 0 Å². The van der Waals surface area contributed by atoms with Crippen LogP contribution in [0, 0.1) is 0 Å². The highest BCUT2D eigenvalue weighted by atomic mass is 16.5. The summed E-state index contributed by atoms with van der Waals surface area (Å²) >= 11 is 0. The Morgan fingerprint density at radius 2 is 1.84 bits per heavy atom. The lowest BCUT2D eigenvalue weighted by Gasteiger charge is -2.15. The smallest absolute Gasteiger partial charge is 0.255 e. The van der Waals surface area contributed by atoms with Crippen LogP contribution in [-0.2, 0) is 13.0 Å². The number of benzene rings is 2. The van der Waals surface area contributed by atoms with Gasteiger partial charge in [-0.15, -0.1) is 0 Å². The Labute approximate surface area is 183 Å². The molecule has 162 valence electrons. The van der Waals surface area contributed by atoms with Gasteiger partial charge in [0.2, 0.25) is 5.95 Å². The summed E-state index contributed by atoms with van der Waals surface area (Å²) in [6.07, 6.45) is 5.65. The molecular formula is C25H30N4O2. The van der Waals surface area contributed by atoms with Crippen molar-refractivity contribution in [2.24, 2.45) is 0 Å². The van der Waals surface area contributed by atoms with Gasteiger partial charge in [-0.3, -0.25) is 14.7 Å². The lowest BCUT2D eigenvalue weighted by atomic mass is 10.1. The van der Waals surface area contributed by atoms with Crippen molar-refractivity contribution in [1.29, 1.82) is 0 Å². The van der Waals surface area contributed by atoms with Gasteiger partial charge in [0.15, 0.2) is 0 Å². The minimum Gasteiger partial charge on any atom is -0.494 e. The van der Waals surface area contributed by atoms with Crippen molar-refractivity contribution in [3.05, 3.63) is 87.8 Å². The number of anilines is 1. The van der Waals surface area contributed by atoms with Crippen molar-refractivity contribution in [2.75, 3.05) is 31.6 Å². The van der Waals surface area contributed by atoms with E-state index in [0.29, 0.717) is 31.1 Å². The molecule has 0 atom stereocenters. The van der Waals surface area contributed by atoms with E-state index in [9.17, 15) is 4.79 Å². The molecule has 0 unspecified atom stereocenters. The minimum absolute atomic E-state index is 0.104. The van der Waals surface area contributed by atoms with Crippen LogP contribution in [0.3, 0.4) is 0 Å². The Bertz CT molecular complexity index is 1010. The van der Waals surface area contributed by atoms with E-state index >= 15 is 0 Å². The molecule has 6 heteroatoms. The maximum atomic E-state index is 12.3. The second-order valence-corrected chi connectivity index (χ2v) is 8.01. The molecule has 4 rings (SSSR count). The highest BCUT2D eigenvalue weighted by molar-refractivity contribution is 5.29. The van der Waals surface area contributed by atoms with E-state index < -0.39 is 0 Å². The fourth-order valence-corrected chi connectivity index (χ4v) is 3.85. The lowest BCUT2D eigenvalue weighted by Crippen LogP contribution is -2.18. The molecule has 0 saturated carbocycles. The summed E-state index contributed by atoms with van der Waals surface area (Å²) < 4.78 is 5.91. The molecule has 31 heavy (non-hydrogen) atoms. The zero-order chi connectivity index (χ0) is 21.3. The first-order valence-corrected chi connectivity index (χ1v) is 11.1. The zero-order valence-electron chi connectivity index (χ0n) is 17.8. The first kappa shape index (κ1) is 21.1. The van der Waals surface area contributed by atoms with E-state index in [1.165, 1.54) is 31.5 Å². The normalized spacial score (nSPS) is 13.9. The van der Waals surface area contributed by atoms with Crippen LogP contribution in [0.1, 0.15) is 36.0 Å². The third kappa shape index (κ3) is 6.43. The van der Waals surface area contributed by atoms with Gasteiger partial charge in [-0.1, -0.05) is 42.5 Å². The number of nitrogens with one attached hydrogen (secondary N) is 2. The number of hydrogen-bond donors (Lipinski definition) is 2. The average Bonchev–Trinajstić information content (AvgIpc) is 3.29. The van der Waals surface area contributed by atoms with Gasteiger partial charge >= 0.3 is 0 Å². The fraction of sp³-hybridized carbons (Fsp3) is 0.360. The molecule has 1 fully saturated rings. The van der Waals surface area contributed by atoms with Crippen LogP contribution in [0.25, 0.3) is 0 Å². The summed E-state index contributed by atoms with van der Waals surface area (Å²) in [6.45, 7) is 4.67. The Morgan fingerprint density at radius 1 is 1.03 bits per heavy atom. The second kappa shape index (κ2) is 10.8. The third-order valence-corrected chi connectivity index (χ3v) is 5.50. The van der Waals surface area contributed by atoms with E-state index in [2.05, 4.69) is 38.4 Å². The summed E-state index contributed by atoms with van der Waals surface area (Å²) in [5, 5.41) is 3.17. The molecule has 1 saturated heterocycles. The predicted octanol–water partition coefficient (Wildman–Crippen LogP) is 3.84. The van der Waals surface area contributed by atoms with E-state index in [0.717, 1.165) is 24.3 Å². The van der Waals surface area contributed by atoms with Crippen LogP contribution in [0.2, 0.25) is 0 Å². The van der Waals surface area contributed by atoms with Gasteiger partial charge in [0.1, 0.15) is 5.75 Å². The van der Waals surface area contributed by atoms with Crippen molar-refractivity contribution in [1.82, 2.24) is 14.9 Å². The molecule has 2 N–H and O–H groups in total. The van der Waals surface area contributed by atoms with Crippen molar-refractivity contribution < 1.29 is 4.74 Å². The Hall–Kier alpha value is -3.12. The van der Waals surface area contributed by atoms with Crippen molar-refractivity contribution >= 4 is 5.95 Å². The third-order valence-electron chi connectivity index (χ3n) is 5.50. The largest absolute Gasteiger partial charge is 0.494 e. The van der Waals surface area contributed by atoms with Crippen molar-refractivity contribution in [3.8, 4) is 5.75 Å². The average molecular weight is 419 g/mol. The number of aromatic nitrogens is 2. The second-order valence-electron chi connectivity index (χ2n) is 8.01. The van der Waals surface area contributed by atoms with E-state index in [-0.39, 0.29) is 5.56 Å². The summed E-state index contributed by atoms with van der Waals surface area (Å²) in [5.74, 6) is 1.41. The lowest BCUT2D eigenvalue weighted by molar-refractivity contribution is 0.310. The number of hydrogen-bond acceptors (Lipinski definition) is 5. The highest BCUT2D eigenvalue weighted by Gasteiger charge is 2.11. The van der Waals surface area contributed by atoms with Gasteiger partial charge in [-0.25, -0.2) is 4.98 Å². The summed E-state index contributed by atoms with van der Waals surface area (Å²) in [6, 6.07) is 18.3. The number of nitrogens with zero attached hydrogens (tertiary/aromatic N) is 2. The fourth-order valence-electron chi connectivity index (χ4n) is 3.85. The van der Waals surface area contributed by atoms with Crippen molar-refractivity contribution in [2.45, 2.75) is 32.2 Å². The number of aromatic amines is 1. The van der Waals surface area contributed by atoms with Gasteiger partial charge in [0.25, 0.3) is 5.56 Å². The van der Waals surface area contributed by atoms with Crippen LogP contribution < -0.4 is 15.6 Å². The molecule has 3 aromatic rings. The molecule has 0 bridgehead atoms. The molecule has 2 heterocycles. The molecule has 1 aliphatic rings. The Balaban J connectivity index is 1.19. The van der Waals surface area contributed by atoms with E-state index in [1.54, 1.807) is 6.20 Å². The van der Waals surface area contributed by atoms with Gasteiger partial charge in [0, 0.05) is 31.3 Å². The van der Waals surface area contributed by atoms with Crippen LogP contribution in [-0.4, -0.2) is 41.1 Å². The van der Waals surface area contributed by atoms with Crippen LogP contribution in [0.4, 0.5) is 5.95 Å². The maximum Gasteiger partial charge on any atom is 0.255 e. The van der Waals surface area contributed by atoms with Gasteiger partial charge in [0.05, 0.1) is 6.61 Å². The van der Waals surface area contributed by atoms with Crippen molar-refractivity contribution in [3.63, 3.8) is 0 Å². The van der Waals surface area contributed by atoms with Crippen LogP contribution in [0.15, 0.2) is 65.6 Å².